The summed E-state index contributed by atoms with van der Waals surface area (Å²) in [7, 11) is 0. The van der Waals surface area contributed by atoms with Crippen molar-refractivity contribution in [2.24, 2.45) is 5.73 Å². The van der Waals surface area contributed by atoms with Crippen LogP contribution in [0.5, 0.6) is 0 Å². The Morgan fingerprint density at radius 1 is 1.45 bits per heavy atom. The average Bonchev–Trinajstić information content (AvgIpc) is 1.94. The van der Waals surface area contributed by atoms with Crippen molar-refractivity contribution in [3.63, 3.8) is 0 Å². The van der Waals surface area contributed by atoms with Crippen molar-refractivity contribution in [1.29, 1.82) is 0 Å². The summed E-state index contributed by atoms with van der Waals surface area (Å²) < 4.78 is 0. The number of nitrogens with zero attached hydrogens (tertiary/aromatic N) is 1. The number of nitrogen functional groups attached to an aromatic ring is 2. The lowest BCUT2D eigenvalue weighted by atomic mass is 10.2. The smallest absolute Gasteiger partial charge is 0.250 e. The van der Waals surface area contributed by atoms with Gasteiger partial charge in [-0.1, -0.05) is 0 Å². The summed E-state index contributed by atoms with van der Waals surface area (Å²) in [5.74, 6) is -0.474. The third-order valence-corrected chi connectivity index (χ3v) is 1.29. The maximum absolute atomic E-state index is 10.6. The molecule has 0 fully saturated rings. The van der Waals surface area contributed by atoms with Gasteiger partial charge in [-0.25, -0.2) is 4.98 Å². The second-order valence-electron chi connectivity index (χ2n) is 2.02. The fourth-order valence-corrected chi connectivity index (χ4v) is 0.704. The van der Waals surface area contributed by atoms with Crippen LogP contribution in [0.15, 0.2) is 12.3 Å². The third-order valence-electron chi connectivity index (χ3n) is 1.29. The zero-order valence-electron chi connectivity index (χ0n) is 5.74. The molecule has 0 aromatic carbocycles. The number of hydrogen-bond donors (Lipinski definition) is 3. The molecule has 1 aromatic heterocycles. The Balaban J connectivity index is 3.27. The average molecular weight is 152 g/mol. The summed E-state index contributed by atoms with van der Waals surface area (Å²) in [5, 5.41) is 0. The summed E-state index contributed by atoms with van der Waals surface area (Å²) in [4.78, 5) is 14.3. The van der Waals surface area contributed by atoms with Crippen LogP contribution < -0.4 is 17.2 Å². The first kappa shape index (κ1) is 7.33. The SMILES string of the molecule is NC(=O)c1ccnc(N)c1N. The van der Waals surface area contributed by atoms with E-state index in [0.29, 0.717) is 0 Å². The molecule has 1 rings (SSSR count). The molecule has 0 radical (unpaired) electrons. The van der Waals surface area contributed by atoms with Crippen LogP contribution in [0.4, 0.5) is 11.5 Å². The molecule has 0 aliphatic rings. The quantitative estimate of drug-likeness (QED) is 0.496. The third kappa shape index (κ3) is 1.21. The van der Waals surface area contributed by atoms with Gasteiger partial charge in [-0.05, 0) is 6.07 Å². The molecule has 1 amide bonds. The number of carbonyl (C=O) groups excluding carboxylic acids is 1. The highest BCUT2D eigenvalue weighted by molar-refractivity contribution is 5.99. The maximum atomic E-state index is 10.6. The molecule has 0 spiro atoms. The van der Waals surface area contributed by atoms with Crippen molar-refractivity contribution in [2.75, 3.05) is 11.5 Å². The van der Waals surface area contributed by atoms with Gasteiger partial charge in [0.15, 0.2) is 0 Å². The maximum Gasteiger partial charge on any atom is 0.250 e. The summed E-state index contributed by atoms with van der Waals surface area (Å²) >= 11 is 0. The minimum absolute atomic E-state index is 0.126. The van der Waals surface area contributed by atoms with Crippen LogP contribution >= 0.6 is 0 Å². The second kappa shape index (κ2) is 2.45. The Morgan fingerprint density at radius 3 is 2.55 bits per heavy atom. The lowest BCUT2D eigenvalue weighted by molar-refractivity contribution is 0.100. The minimum Gasteiger partial charge on any atom is -0.395 e. The van der Waals surface area contributed by atoms with Crippen LogP contribution in [0.25, 0.3) is 0 Å². The molecule has 0 unspecified atom stereocenters. The molecular formula is C6H8N4O. The van der Waals surface area contributed by atoms with E-state index in [0.717, 1.165) is 0 Å². The van der Waals surface area contributed by atoms with Crippen molar-refractivity contribution in [1.82, 2.24) is 4.98 Å². The zero-order valence-corrected chi connectivity index (χ0v) is 5.74. The van der Waals surface area contributed by atoms with Crippen molar-refractivity contribution in [2.45, 2.75) is 0 Å². The molecule has 0 saturated heterocycles. The van der Waals surface area contributed by atoms with E-state index in [2.05, 4.69) is 4.98 Å². The van der Waals surface area contributed by atoms with Crippen LogP contribution in [-0.4, -0.2) is 10.9 Å². The molecule has 0 saturated carbocycles. The van der Waals surface area contributed by atoms with E-state index < -0.39 is 5.91 Å². The number of carbonyl (C=O) groups is 1. The molecule has 5 nitrogen and oxygen atoms in total. The topological polar surface area (TPSA) is 108 Å². The predicted octanol–water partition coefficient (Wildman–Crippen LogP) is -0.655. The number of pyridine rings is 1. The number of amides is 1. The van der Waals surface area contributed by atoms with Crippen molar-refractivity contribution in [3.05, 3.63) is 17.8 Å². The van der Waals surface area contributed by atoms with Crippen LogP contribution in [0, 0.1) is 0 Å². The van der Waals surface area contributed by atoms with E-state index in [-0.39, 0.29) is 17.1 Å². The van der Waals surface area contributed by atoms with Crippen molar-refractivity contribution >= 4 is 17.4 Å². The Hall–Kier alpha value is -1.78. The van der Waals surface area contributed by atoms with E-state index in [9.17, 15) is 4.79 Å². The standard InChI is InChI=1S/C6H8N4O/c7-4-3(6(9)11)1-2-10-5(4)8/h1-2H,7H2,(H2,8,10)(H2,9,11). The number of rotatable bonds is 1. The van der Waals surface area contributed by atoms with Gasteiger partial charge in [0.1, 0.15) is 5.82 Å². The van der Waals surface area contributed by atoms with E-state index in [1.807, 2.05) is 0 Å². The van der Waals surface area contributed by atoms with Crippen LogP contribution in [0.2, 0.25) is 0 Å². The van der Waals surface area contributed by atoms with Crippen molar-refractivity contribution in [3.8, 4) is 0 Å². The molecule has 1 aromatic rings. The van der Waals surface area contributed by atoms with E-state index in [4.69, 9.17) is 17.2 Å². The molecule has 11 heavy (non-hydrogen) atoms. The number of nitrogens with two attached hydrogens (primary N) is 3. The van der Waals surface area contributed by atoms with Gasteiger partial charge < -0.3 is 17.2 Å². The van der Waals surface area contributed by atoms with E-state index >= 15 is 0 Å². The normalized spacial score (nSPS) is 9.45. The Bertz CT molecular complexity index is 297. The van der Waals surface area contributed by atoms with Gasteiger partial charge in [0.2, 0.25) is 0 Å². The van der Waals surface area contributed by atoms with Crippen LogP contribution in [-0.2, 0) is 0 Å². The number of anilines is 2. The molecule has 0 aliphatic carbocycles. The van der Waals surface area contributed by atoms with Crippen LogP contribution in [0.3, 0.4) is 0 Å². The van der Waals surface area contributed by atoms with Gasteiger partial charge in [-0.15, -0.1) is 0 Å². The molecule has 58 valence electrons. The molecule has 6 N–H and O–H groups in total. The molecule has 0 bridgehead atoms. The first-order valence-electron chi connectivity index (χ1n) is 2.92. The van der Waals surface area contributed by atoms with E-state index in [1.165, 1.54) is 12.3 Å². The predicted molar refractivity (Wildman–Crippen MR) is 41.6 cm³/mol. The molecule has 0 aliphatic heterocycles. The molecule has 0 atom stereocenters. The van der Waals surface area contributed by atoms with Gasteiger partial charge in [0.05, 0.1) is 11.3 Å². The number of hydrogen-bond acceptors (Lipinski definition) is 4. The summed E-state index contributed by atoms with van der Waals surface area (Å²) in [6.45, 7) is 0. The summed E-state index contributed by atoms with van der Waals surface area (Å²) in [6, 6.07) is 1.42. The summed E-state index contributed by atoms with van der Waals surface area (Å²) in [6.07, 6.45) is 1.38. The first-order chi connectivity index (χ1) is 5.13. The minimum atomic E-state index is -0.600. The highest BCUT2D eigenvalue weighted by Crippen LogP contribution is 2.15. The fraction of sp³-hybridized carbons (Fsp3) is 0. The molecule has 5 heteroatoms. The highest BCUT2D eigenvalue weighted by Gasteiger charge is 2.07. The van der Waals surface area contributed by atoms with Gasteiger partial charge in [0, 0.05) is 6.20 Å². The lowest BCUT2D eigenvalue weighted by Gasteiger charge is -2.01. The zero-order chi connectivity index (χ0) is 8.43. The Kier molecular flexibility index (Phi) is 1.63. The van der Waals surface area contributed by atoms with Gasteiger partial charge in [0.25, 0.3) is 5.91 Å². The molecular weight excluding hydrogens is 144 g/mol. The van der Waals surface area contributed by atoms with E-state index in [1.54, 1.807) is 0 Å². The fourth-order valence-electron chi connectivity index (χ4n) is 0.704. The van der Waals surface area contributed by atoms with Crippen LogP contribution in [0.1, 0.15) is 10.4 Å². The summed E-state index contributed by atoms with van der Waals surface area (Å²) in [5.41, 5.74) is 16.0. The largest absolute Gasteiger partial charge is 0.395 e. The van der Waals surface area contributed by atoms with Gasteiger partial charge >= 0.3 is 0 Å². The van der Waals surface area contributed by atoms with Gasteiger partial charge in [-0.2, -0.15) is 0 Å². The first-order valence-corrected chi connectivity index (χ1v) is 2.92. The monoisotopic (exact) mass is 152 g/mol. The lowest BCUT2D eigenvalue weighted by Crippen LogP contribution is -2.14. The molecule has 1 heterocycles. The highest BCUT2D eigenvalue weighted by atomic mass is 16.1. The second-order valence-corrected chi connectivity index (χ2v) is 2.02. The van der Waals surface area contributed by atoms with Crippen molar-refractivity contribution < 1.29 is 4.79 Å². The number of aromatic nitrogens is 1. The number of primary amides is 1. The Labute approximate surface area is 63.2 Å². The Morgan fingerprint density at radius 2 is 2.09 bits per heavy atom. The van der Waals surface area contributed by atoms with Gasteiger partial charge in [-0.3, -0.25) is 4.79 Å².